The minimum atomic E-state index is -4.90. The van der Waals surface area contributed by atoms with Crippen molar-refractivity contribution in [3.63, 3.8) is 0 Å². The first kappa shape index (κ1) is 19.4. The Morgan fingerprint density at radius 2 is 1.96 bits per heavy atom. The number of rotatable bonds is 3. The van der Waals surface area contributed by atoms with Crippen LogP contribution in [0.5, 0.6) is 0 Å². The summed E-state index contributed by atoms with van der Waals surface area (Å²) in [6.45, 7) is -0.0112. The Morgan fingerprint density at radius 3 is 2.50 bits per heavy atom. The molecule has 1 aromatic heterocycles. The van der Waals surface area contributed by atoms with E-state index in [1.54, 1.807) is 0 Å². The van der Waals surface area contributed by atoms with Gasteiger partial charge in [0.05, 0.1) is 6.04 Å². The smallest absolute Gasteiger partial charge is 0.415 e. The van der Waals surface area contributed by atoms with Crippen molar-refractivity contribution in [2.75, 3.05) is 6.54 Å². The number of carbonyl (C=O) groups is 1. The van der Waals surface area contributed by atoms with Gasteiger partial charge in [-0.05, 0) is 12.8 Å². The number of hydroxylamine groups is 2. The average molecular weight is 381 g/mol. The van der Waals surface area contributed by atoms with Gasteiger partial charge in [0.15, 0.2) is 0 Å². The minimum absolute atomic E-state index is 0. The maximum atomic E-state index is 12.5. The zero-order valence-corrected chi connectivity index (χ0v) is 14.9. The van der Waals surface area contributed by atoms with Crippen molar-refractivity contribution in [3.05, 3.63) is 11.8 Å². The molecule has 2 saturated heterocycles. The second-order valence-corrected chi connectivity index (χ2v) is 5.96. The maximum Gasteiger partial charge on any atom is 0.470 e. The zero-order valence-electron chi connectivity index (χ0n) is 12.1. The van der Waals surface area contributed by atoms with Gasteiger partial charge in [0.1, 0.15) is 6.04 Å². The number of amides is 2. The predicted octanol–water partition coefficient (Wildman–Crippen LogP) is 0.383. The molecule has 0 spiro atoms. The molecule has 3 heterocycles. The Morgan fingerprint density at radius 1 is 1.29 bits per heavy atom. The summed E-state index contributed by atoms with van der Waals surface area (Å²) >= 11 is 0. The van der Waals surface area contributed by atoms with Crippen LogP contribution in [-0.2, 0) is 20.9 Å². The van der Waals surface area contributed by atoms with Crippen LogP contribution in [-0.4, -0.2) is 81.3 Å². The van der Waals surface area contributed by atoms with Gasteiger partial charge in [0, 0.05) is 36.1 Å². The molecule has 1 aromatic rings. The van der Waals surface area contributed by atoms with Gasteiger partial charge in [-0.25, -0.2) is 4.79 Å². The van der Waals surface area contributed by atoms with Crippen LogP contribution in [0.15, 0.2) is 4.42 Å². The number of aromatic nitrogens is 2. The van der Waals surface area contributed by atoms with E-state index in [0.717, 1.165) is 4.90 Å². The number of urea groups is 1. The monoisotopic (exact) mass is 381 g/mol. The summed E-state index contributed by atoms with van der Waals surface area (Å²) in [5.41, 5.74) is 0. The predicted molar refractivity (Wildman–Crippen MR) is 67.4 cm³/mol. The van der Waals surface area contributed by atoms with Crippen molar-refractivity contribution >= 4 is 46.0 Å². The van der Waals surface area contributed by atoms with Crippen molar-refractivity contribution in [1.29, 1.82) is 0 Å². The first-order valence-corrected chi connectivity index (χ1v) is 7.60. The van der Waals surface area contributed by atoms with E-state index in [2.05, 4.69) is 18.9 Å². The molecular formula is C9H9F3N4NaO6S. The van der Waals surface area contributed by atoms with E-state index in [9.17, 15) is 26.4 Å². The molecule has 2 aliphatic rings. The molecule has 1 radical (unpaired) electrons. The molecule has 0 aromatic carbocycles. The second kappa shape index (κ2) is 6.42. The fraction of sp³-hybridized carbons (Fsp3) is 0.667. The number of piperidine rings is 1. The number of hydrogen-bond acceptors (Lipinski definition) is 7. The van der Waals surface area contributed by atoms with E-state index >= 15 is 0 Å². The third kappa shape index (κ3) is 3.67. The van der Waals surface area contributed by atoms with Gasteiger partial charge in [0.25, 0.3) is 0 Å². The van der Waals surface area contributed by atoms with Crippen molar-refractivity contribution in [3.8, 4) is 0 Å². The standard InChI is InChI=1S/C9H9F3N4O6S.Na/c10-9(11,12)7-14-13-6(21-7)5-2-1-4-3-15(5)8(17)16(4)22-23(18,19)20;/h4-5H,1-3H2,(H,18,19,20);/t4-,5+;/m1./s1. The zero-order chi connectivity index (χ0) is 17.0. The molecule has 0 saturated carbocycles. The van der Waals surface area contributed by atoms with E-state index < -0.39 is 46.5 Å². The Bertz CT molecular complexity index is 740. The van der Waals surface area contributed by atoms with Gasteiger partial charge in [-0.3, -0.25) is 4.55 Å². The van der Waals surface area contributed by atoms with Crippen LogP contribution in [0, 0.1) is 0 Å². The Labute approximate surface area is 155 Å². The van der Waals surface area contributed by atoms with Gasteiger partial charge in [0.2, 0.25) is 5.89 Å². The molecule has 2 amide bonds. The Hall–Kier alpha value is -0.930. The fourth-order valence-electron chi connectivity index (χ4n) is 2.57. The number of carbonyl (C=O) groups excluding carboxylic acids is 1. The second-order valence-electron chi connectivity index (χ2n) is 4.95. The van der Waals surface area contributed by atoms with Crippen molar-refractivity contribution in [1.82, 2.24) is 20.2 Å². The summed E-state index contributed by atoms with van der Waals surface area (Å²) in [6, 6.07) is -2.52. The molecule has 15 heteroatoms. The molecule has 0 aliphatic carbocycles. The van der Waals surface area contributed by atoms with Gasteiger partial charge in [-0.2, -0.15) is 26.7 Å². The molecule has 2 aliphatic heterocycles. The van der Waals surface area contributed by atoms with Crippen molar-refractivity contribution in [2.45, 2.75) is 31.1 Å². The van der Waals surface area contributed by atoms with E-state index in [-0.39, 0.29) is 48.9 Å². The normalized spacial score (nSPS) is 24.2. The van der Waals surface area contributed by atoms with Crippen LogP contribution in [0.25, 0.3) is 0 Å². The first-order chi connectivity index (χ1) is 10.6. The summed E-state index contributed by atoms with van der Waals surface area (Å²) in [6.07, 6.45) is -4.43. The Kier molecular flexibility index (Phi) is 5.19. The topological polar surface area (TPSA) is 126 Å². The minimum Gasteiger partial charge on any atom is -0.415 e. The number of hydrogen-bond donors (Lipinski definition) is 1. The molecule has 1 N–H and O–H groups in total. The summed E-state index contributed by atoms with van der Waals surface area (Å²) in [4.78, 5) is 13.1. The number of halogens is 3. The van der Waals surface area contributed by atoms with Crippen LogP contribution in [0.1, 0.15) is 30.7 Å². The molecule has 2 atom stereocenters. The number of alkyl halides is 3. The SMILES string of the molecule is O=C1N2C[C@@H](CC[C@H]2c2nnc(C(F)(F)F)o2)N1OS(=O)(=O)O.[Na]. The molecule has 24 heavy (non-hydrogen) atoms. The molecular weight excluding hydrogens is 372 g/mol. The third-order valence-electron chi connectivity index (χ3n) is 3.47. The number of fused-ring (bicyclic) bond motifs is 2. The maximum absolute atomic E-state index is 12.5. The van der Waals surface area contributed by atoms with Gasteiger partial charge in [-0.1, -0.05) is 0 Å². The molecule has 3 rings (SSSR count). The summed E-state index contributed by atoms with van der Waals surface area (Å²) in [7, 11) is -4.90. The average Bonchev–Trinajstić information content (AvgIpc) is 2.99. The molecule has 2 bridgehead atoms. The van der Waals surface area contributed by atoms with Crippen LogP contribution in [0.3, 0.4) is 0 Å². The van der Waals surface area contributed by atoms with E-state index in [1.807, 2.05) is 0 Å². The Balaban J connectivity index is 0.00000208. The molecule has 2 fully saturated rings. The van der Waals surface area contributed by atoms with Gasteiger partial charge >= 0.3 is 28.5 Å². The van der Waals surface area contributed by atoms with E-state index in [1.165, 1.54) is 0 Å². The van der Waals surface area contributed by atoms with E-state index in [4.69, 9.17) is 4.55 Å². The van der Waals surface area contributed by atoms with Crippen LogP contribution in [0.4, 0.5) is 18.0 Å². The largest absolute Gasteiger partial charge is 0.470 e. The van der Waals surface area contributed by atoms with Gasteiger partial charge < -0.3 is 9.32 Å². The number of nitrogens with zero attached hydrogens (tertiary/aromatic N) is 4. The summed E-state index contributed by atoms with van der Waals surface area (Å²) < 4.78 is 76.3. The molecule has 0 unspecified atom stereocenters. The summed E-state index contributed by atoms with van der Waals surface area (Å²) in [5.74, 6) is -1.94. The molecule has 129 valence electrons. The third-order valence-corrected chi connectivity index (χ3v) is 3.81. The quantitative estimate of drug-likeness (QED) is 0.588. The summed E-state index contributed by atoms with van der Waals surface area (Å²) in [5, 5.41) is 6.66. The van der Waals surface area contributed by atoms with Crippen molar-refractivity contribution < 1.29 is 39.6 Å². The fourth-order valence-corrected chi connectivity index (χ4v) is 2.96. The van der Waals surface area contributed by atoms with Crippen LogP contribution < -0.4 is 0 Å². The van der Waals surface area contributed by atoms with Gasteiger partial charge in [-0.15, -0.1) is 14.5 Å². The van der Waals surface area contributed by atoms with Crippen LogP contribution >= 0.6 is 0 Å². The molecule has 10 nitrogen and oxygen atoms in total. The van der Waals surface area contributed by atoms with Crippen LogP contribution in [0.2, 0.25) is 0 Å². The van der Waals surface area contributed by atoms with Crippen molar-refractivity contribution in [2.24, 2.45) is 0 Å². The first-order valence-electron chi connectivity index (χ1n) is 6.23. The van der Waals surface area contributed by atoms with E-state index in [0.29, 0.717) is 5.06 Å².